The maximum absolute atomic E-state index is 13.7. The third-order valence-corrected chi connectivity index (χ3v) is 4.27. The van der Waals surface area contributed by atoms with Gasteiger partial charge in [-0.2, -0.15) is 0 Å². The van der Waals surface area contributed by atoms with Gasteiger partial charge in [0.1, 0.15) is 10.7 Å². The van der Waals surface area contributed by atoms with Gasteiger partial charge in [-0.3, -0.25) is 0 Å². The van der Waals surface area contributed by atoms with Crippen molar-refractivity contribution >= 4 is 10.0 Å². The molecule has 1 heterocycles. The molecule has 21 heavy (non-hydrogen) atoms. The Labute approximate surface area is 120 Å². The zero-order valence-corrected chi connectivity index (χ0v) is 11.9. The van der Waals surface area contributed by atoms with Crippen LogP contribution in [0.25, 0.3) is 0 Å². The number of sulfonamides is 1. The van der Waals surface area contributed by atoms with Gasteiger partial charge < -0.3 is 9.67 Å². The Morgan fingerprint density at radius 1 is 1.38 bits per heavy atom. The number of hydrogen-bond donors (Lipinski definition) is 2. The summed E-state index contributed by atoms with van der Waals surface area (Å²) < 4.78 is 54.8. The minimum Gasteiger partial charge on any atom is -0.392 e. The van der Waals surface area contributed by atoms with Gasteiger partial charge in [0.15, 0.2) is 11.6 Å². The highest BCUT2D eigenvalue weighted by Crippen LogP contribution is 2.20. The van der Waals surface area contributed by atoms with E-state index in [0.717, 1.165) is 12.1 Å². The topological polar surface area (TPSA) is 84.2 Å². The molecule has 0 spiro atoms. The number of rotatable bonds is 5. The number of hydrogen-bond acceptors (Lipinski definition) is 4. The number of benzene rings is 1. The summed E-state index contributed by atoms with van der Waals surface area (Å²) in [6.45, 7) is -0.769. The molecule has 0 aliphatic heterocycles. The summed E-state index contributed by atoms with van der Waals surface area (Å²) in [6, 6.07) is 1.63. The Balaban J connectivity index is 2.31. The van der Waals surface area contributed by atoms with Crippen LogP contribution in [0.1, 0.15) is 11.4 Å². The molecule has 2 aromatic rings. The minimum absolute atomic E-state index is 0.0359. The van der Waals surface area contributed by atoms with E-state index in [0.29, 0.717) is 5.82 Å². The molecule has 0 amide bonds. The van der Waals surface area contributed by atoms with Crippen molar-refractivity contribution in [2.45, 2.75) is 18.0 Å². The summed E-state index contributed by atoms with van der Waals surface area (Å²) in [4.78, 5) is 3.07. The molecule has 0 saturated carbocycles. The first-order valence-electron chi connectivity index (χ1n) is 5.90. The number of imidazole rings is 1. The Hall–Kier alpha value is -1.84. The second kappa shape index (κ2) is 5.88. The van der Waals surface area contributed by atoms with Crippen molar-refractivity contribution in [1.29, 1.82) is 0 Å². The lowest BCUT2D eigenvalue weighted by molar-refractivity contribution is 0.280. The number of nitrogens with one attached hydrogen (secondary N) is 1. The first-order valence-corrected chi connectivity index (χ1v) is 7.38. The Kier molecular flexibility index (Phi) is 4.35. The van der Waals surface area contributed by atoms with Gasteiger partial charge in [0.2, 0.25) is 10.0 Å². The fraction of sp³-hybridized carbons (Fsp3) is 0.250. The van der Waals surface area contributed by atoms with E-state index < -0.39 is 33.2 Å². The first kappa shape index (κ1) is 15.5. The number of aryl methyl sites for hydroxylation is 1. The molecule has 6 nitrogen and oxygen atoms in total. The van der Waals surface area contributed by atoms with Crippen LogP contribution in [0, 0.1) is 11.6 Å². The summed E-state index contributed by atoms with van der Waals surface area (Å²) in [5.41, 5.74) is -0.0359. The molecule has 0 aliphatic rings. The van der Waals surface area contributed by atoms with Crippen LogP contribution in [0.5, 0.6) is 0 Å². The van der Waals surface area contributed by atoms with Crippen LogP contribution >= 0.6 is 0 Å². The van der Waals surface area contributed by atoms with Crippen LogP contribution in [0.3, 0.4) is 0 Å². The van der Waals surface area contributed by atoms with Crippen LogP contribution in [-0.2, 0) is 30.2 Å². The van der Waals surface area contributed by atoms with Crippen LogP contribution in [0.15, 0.2) is 29.4 Å². The fourth-order valence-electron chi connectivity index (χ4n) is 1.71. The predicted octanol–water partition coefficient (Wildman–Crippen LogP) is 0.669. The van der Waals surface area contributed by atoms with Crippen LogP contribution in [0.4, 0.5) is 8.78 Å². The molecular weight excluding hydrogens is 304 g/mol. The van der Waals surface area contributed by atoms with E-state index in [4.69, 9.17) is 5.11 Å². The number of aromatic nitrogens is 2. The Morgan fingerprint density at radius 2 is 2.10 bits per heavy atom. The Bertz CT molecular complexity index is 759. The largest absolute Gasteiger partial charge is 0.392 e. The maximum Gasteiger partial charge on any atom is 0.244 e. The average molecular weight is 317 g/mol. The standard InChI is InChI=1S/C12H13F2N3O3S/c1-17-3-2-15-11(17)6-16-21(19,20)10-5-8(7-18)4-9(13)12(10)14/h2-5,16,18H,6-7H2,1H3. The second-order valence-electron chi connectivity index (χ2n) is 4.33. The molecule has 0 unspecified atom stereocenters. The van der Waals surface area contributed by atoms with Gasteiger partial charge in [-0.1, -0.05) is 0 Å². The van der Waals surface area contributed by atoms with Crippen LogP contribution < -0.4 is 4.72 Å². The van der Waals surface area contributed by atoms with E-state index in [-0.39, 0.29) is 12.1 Å². The van der Waals surface area contributed by atoms with E-state index in [1.165, 1.54) is 6.20 Å². The smallest absolute Gasteiger partial charge is 0.244 e. The molecule has 114 valence electrons. The third kappa shape index (κ3) is 3.26. The summed E-state index contributed by atoms with van der Waals surface area (Å²) in [7, 11) is -2.60. The monoisotopic (exact) mass is 317 g/mol. The minimum atomic E-state index is -4.27. The highest BCUT2D eigenvalue weighted by atomic mass is 32.2. The maximum atomic E-state index is 13.7. The van der Waals surface area contributed by atoms with Gasteiger partial charge >= 0.3 is 0 Å². The third-order valence-electron chi connectivity index (χ3n) is 2.87. The lowest BCUT2D eigenvalue weighted by atomic mass is 10.2. The predicted molar refractivity (Wildman–Crippen MR) is 69.5 cm³/mol. The molecule has 1 aromatic carbocycles. The van der Waals surface area contributed by atoms with E-state index in [9.17, 15) is 17.2 Å². The van der Waals surface area contributed by atoms with Crippen molar-refractivity contribution in [2.75, 3.05) is 0 Å². The van der Waals surface area contributed by atoms with Crippen LogP contribution in [0.2, 0.25) is 0 Å². The zero-order chi connectivity index (χ0) is 15.6. The van der Waals surface area contributed by atoms with E-state index in [2.05, 4.69) is 9.71 Å². The first-order chi connectivity index (χ1) is 9.85. The quantitative estimate of drug-likeness (QED) is 0.849. The summed E-state index contributed by atoms with van der Waals surface area (Å²) in [5.74, 6) is -2.41. The lowest BCUT2D eigenvalue weighted by Crippen LogP contribution is -2.26. The average Bonchev–Trinajstić information content (AvgIpc) is 2.84. The van der Waals surface area contributed by atoms with Crippen molar-refractivity contribution in [3.63, 3.8) is 0 Å². The van der Waals surface area contributed by atoms with Gasteiger partial charge in [0.25, 0.3) is 0 Å². The number of aliphatic hydroxyl groups excluding tert-OH is 1. The Morgan fingerprint density at radius 3 is 2.67 bits per heavy atom. The molecule has 2 N–H and O–H groups in total. The summed E-state index contributed by atoms with van der Waals surface area (Å²) in [5, 5.41) is 8.94. The van der Waals surface area contributed by atoms with Gasteiger partial charge in [0.05, 0.1) is 13.2 Å². The highest BCUT2D eigenvalue weighted by molar-refractivity contribution is 7.89. The molecule has 0 saturated heterocycles. The van der Waals surface area contributed by atoms with Crippen molar-refractivity contribution < 1.29 is 22.3 Å². The zero-order valence-electron chi connectivity index (χ0n) is 11.0. The number of nitrogens with zero attached hydrogens (tertiary/aromatic N) is 2. The van der Waals surface area contributed by atoms with Crippen LogP contribution in [-0.4, -0.2) is 23.1 Å². The molecule has 0 radical (unpaired) electrons. The molecule has 2 rings (SSSR count). The second-order valence-corrected chi connectivity index (χ2v) is 6.06. The molecule has 0 fully saturated rings. The lowest BCUT2D eigenvalue weighted by Gasteiger charge is -2.09. The SMILES string of the molecule is Cn1ccnc1CNS(=O)(=O)c1cc(CO)cc(F)c1F. The molecular formula is C12H13F2N3O3S. The van der Waals surface area contributed by atoms with Gasteiger partial charge in [-0.15, -0.1) is 0 Å². The van der Waals surface area contributed by atoms with Crippen molar-refractivity contribution in [2.24, 2.45) is 7.05 Å². The van der Waals surface area contributed by atoms with Gasteiger partial charge in [-0.25, -0.2) is 26.9 Å². The van der Waals surface area contributed by atoms with E-state index in [1.54, 1.807) is 17.8 Å². The fourth-order valence-corrected chi connectivity index (χ4v) is 2.82. The molecule has 1 aromatic heterocycles. The van der Waals surface area contributed by atoms with Crippen molar-refractivity contribution in [3.05, 3.63) is 47.5 Å². The van der Waals surface area contributed by atoms with Gasteiger partial charge in [0, 0.05) is 19.4 Å². The molecule has 0 atom stereocenters. The highest BCUT2D eigenvalue weighted by Gasteiger charge is 2.23. The number of aliphatic hydroxyl groups is 1. The number of halogens is 2. The van der Waals surface area contributed by atoms with Gasteiger partial charge in [-0.05, 0) is 17.7 Å². The normalized spacial score (nSPS) is 11.8. The van der Waals surface area contributed by atoms with Crippen molar-refractivity contribution in [3.8, 4) is 0 Å². The van der Waals surface area contributed by atoms with E-state index >= 15 is 0 Å². The summed E-state index contributed by atoms with van der Waals surface area (Å²) >= 11 is 0. The molecule has 0 bridgehead atoms. The summed E-state index contributed by atoms with van der Waals surface area (Å²) in [6.07, 6.45) is 3.10. The van der Waals surface area contributed by atoms with E-state index in [1.807, 2.05) is 0 Å². The molecule has 9 heteroatoms. The van der Waals surface area contributed by atoms with Crippen molar-refractivity contribution in [1.82, 2.24) is 14.3 Å². The molecule has 0 aliphatic carbocycles.